The van der Waals surface area contributed by atoms with Crippen LogP contribution in [0.15, 0.2) is 0 Å². The molecule has 1 aliphatic carbocycles. The minimum absolute atomic E-state index is 0.524. The largest absolute Gasteiger partial charge is 0.383 e. The summed E-state index contributed by atoms with van der Waals surface area (Å²) in [5.74, 6) is -26.1. The molecule has 0 aromatic heterocycles. The predicted molar refractivity (Wildman–Crippen MR) is 41.4 cm³/mol. The predicted octanol–water partition coefficient (Wildman–Crippen LogP) is 0.231. The number of halogens is 8. The van der Waals surface area contributed by atoms with Gasteiger partial charge in [-0.15, -0.1) is 0 Å². The molecular weight excluding hydrogens is 312 g/mol. The molecule has 2 fully saturated rings. The Kier molecular flexibility index (Phi) is 2.33. The van der Waals surface area contributed by atoms with Gasteiger partial charge in [0.15, 0.2) is 0 Å². The fraction of sp³-hybridized carbons (Fsp3) is 0.857. The number of hydrogen-bond donors (Lipinski definition) is 4. The number of rotatable bonds is 0. The van der Waals surface area contributed by atoms with Crippen molar-refractivity contribution >= 4 is 6.03 Å². The average molecular weight is 316 g/mol. The topological polar surface area (TPSA) is 81.6 Å². The van der Waals surface area contributed by atoms with Crippen molar-refractivity contribution in [2.24, 2.45) is 0 Å². The Balaban J connectivity index is 2.84. The van der Waals surface area contributed by atoms with E-state index >= 15 is 0 Å². The third-order valence-electron chi connectivity index (χ3n) is 3.20. The van der Waals surface area contributed by atoms with Crippen LogP contribution in [-0.2, 0) is 0 Å². The highest BCUT2D eigenvalue weighted by molar-refractivity contribution is 5.80. The maximum Gasteiger partial charge on any atom is 0.383 e. The Labute approximate surface area is 103 Å². The van der Waals surface area contributed by atoms with Gasteiger partial charge in [-0.25, -0.2) is 4.79 Å². The molecule has 116 valence electrons. The first-order chi connectivity index (χ1) is 8.60. The van der Waals surface area contributed by atoms with Gasteiger partial charge in [0, 0.05) is 0 Å². The third kappa shape index (κ3) is 1.04. The van der Waals surface area contributed by atoms with E-state index in [-0.39, 0.29) is 0 Å². The fourth-order valence-electron chi connectivity index (χ4n) is 2.00. The van der Waals surface area contributed by atoms with Crippen LogP contribution in [0.4, 0.5) is 39.9 Å². The Bertz CT molecular complexity index is 454. The number of nitrogens with one attached hydrogen (secondary N) is 2. The van der Waals surface area contributed by atoms with Crippen LogP contribution in [0.5, 0.6) is 0 Å². The van der Waals surface area contributed by atoms with Gasteiger partial charge in [-0.3, -0.25) is 0 Å². The molecule has 2 unspecified atom stereocenters. The molecule has 13 heteroatoms. The maximum atomic E-state index is 13.4. The van der Waals surface area contributed by atoms with E-state index in [0.717, 1.165) is 0 Å². The first kappa shape index (κ1) is 15.0. The standard InChI is InChI=1S/C7H4F8N2O3/c8-2(9)3(10,11)5(14,15)7(20)6(19,4(2,12)13)16-1(18)17-7/h19-20H,(H2,16,17,18). The van der Waals surface area contributed by atoms with Crippen LogP contribution in [0.2, 0.25) is 0 Å². The minimum Gasteiger partial charge on any atom is -0.362 e. The van der Waals surface area contributed by atoms with Gasteiger partial charge in [-0.1, -0.05) is 0 Å². The highest BCUT2D eigenvalue weighted by Crippen LogP contribution is 2.65. The second-order valence-corrected chi connectivity index (χ2v) is 4.30. The highest BCUT2D eigenvalue weighted by atomic mass is 19.4. The summed E-state index contributed by atoms with van der Waals surface area (Å²) >= 11 is 0. The molecule has 0 bridgehead atoms. The van der Waals surface area contributed by atoms with Crippen LogP contribution in [-0.4, -0.2) is 51.4 Å². The van der Waals surface area contributed by atoms with Gasteiger partial charge in [0.05, 0.1) is 0 Å². The van der Waals surface area contributed by atoms with E-state index in [2.05, 4.69) is 0 Å². The summed E-state index contributed by atoms with van der Waals surface area (Å²) in [6, 6.07) is -2.16. The smallest absolute Gasteiger partial charge is 0.362 e. The molecule has 0 aromatic rings. The number of carbonyl (C=O) groups excluding carboxylic acids is 1. The van der Waals surface area contributed by atoms with Gasteiger partial charge in [0.2, 0.25) is 0 Å². The van der Waals surface area contributed by atoms with Crippen LogP contribution in [0.3, 0.4) is 0 Å². The SMILES string of the molecule is O=C1NC2(O)C(F)(F)C(F)(F)C(F)(F)C(F)(F)C2(O)N1. The van der Waals surface area contributed by atoms with Crippen molar-refractivity contribution in [2.75, 3.05) is 0 Å². The second-order valence-electron chi connectivity index (χ2n) is 4.30. The molecule has 2 aliphatic rings. The van der Waals surface area contributed by atoms with Gasteiger partial charge >= 0.3 is 29.7 Å². The number of fused-ring (bicyclic) bond motifs is 1. The zero-order valence-electron chi connectivity index (χ0n) is 8.83. The molecule has 2 rings (SSSR count). The first-order valence-electron chi connectivity index (χ1n) is 4.66. The molecule has 1 saturated heterocycles. The minimum atomic E-state index is -6.76. The molecule has 2 atom stereocenters. The Hall–Kier alpha value is -1.37. The number of carbonyl (C=O) groups is 1. The average Bonchev–Trinajstić information content (AvgIpc) is 2.50. The Morgan fingerprint density at radius 3 is 1.15 bits per heavy atom. The van der Waals surface area contributed by atoms with Crippen molar-refractivity contribution in [2.45, 2.75) is 35.1 Å². The molecule has 5 nitrogen and oxygen atoms in total. The molecule has 1 heterocycles. The van der Waals surface area contributed by atoms with E-state index in [1.807, 2.05) is 0 Å². The summed E-state index contributed by atoms with van der Waals surface area (Å²) in [4.78, 5) is 10.7. The van der Waals surface area contributed by atoms with E-state index in [9.17, 15) is 50.1 Å². The van der Waals surface area contributed by atoms with Gasteiger partial charge in [-0.05, 0) is 0 Å². The molecule has 1 saturated carbocycles. The summed E-state index contributed by atoms with van der Waals surface area (Å²) in [6.07, 6.45) is 0. The molecule has 4 N–H and O–H groups in total. The summed E-state index contributed by atoms with van der Waals surface area (Å²) in [5.41, 5.74) is -10.1. The zero-order valence-corrected chi connectivity index (χ0v) is 8.83. The lowest BCUT2D eigenvalue weighted by Crippen LogP contribution is -2.90. The van der Waals surface area contributed by atoms with Crippen molar-refractivity contribution in [3.8, 4) is 0 Å². The Morgan fingerprint density at radius 1 is 0.650 bits per heavy atom. The molecule has 0 radical (unpaired) electrons. The van der Waals surface area contributed by atoms with E-state index in [1.54, 1.807) is 0 Å². The molecule has 0 spiro atoms. The number of hydrogen-bond acceptors (Lipinski definition) is 3. The molecule has 20 heavy (non-hydrogen) atoms. The normalized spacial score (nSPS) is 43.4. The van der Waals surface area contributed by atoms with Crippen molar-refractivity contribution in [3.63, 3.8) is 0 Å². The van der Waals surface area contributed by atoms with Crippen LogP contribution < -0.4 is 10.6 Å². The number of amides is 2. The second kappa shape index (κ2) is 3.10. The maximum absolute atomic E-state index is 13.4. The Morgan fingerprint density at radius 2 is 0.900 bits per heavy atom. The van der Waals surface area contributed by atoms with Crippen LogP contribution in [0.25, 0.3) is 0 Å². The molecule has 2 amide bonds. The van der Waals surface area contributed by atoms with E-state index < -0.39 is 41.2 Å². The van der Waals surface area contributed by atoms with Crippen LogP contribution in [0.1, 0.15) is 0 Å². The van der Waals surface area contributed by atoms with E-state index in [0.29, 0.717) is 10.6 Å². The molecule has 1 aliphatic heterocycles. The summed E-state index contributed by atoms with van der Waals surface area (Å²) in [7, 11) is 0. The quantitative estimate of drug-likeness (QED) is 0.483. The molecule has 0 aromatic carbocycles. The van der Waals surface area contributed by atoms with Crippen LogP contribution in [0, 0.1) is 0 Å². The number of urea groups is 1. The van der Waals surface area contributed by atoms with Gasteiger partial charge in [0.1, 0.15) is 0 Å². The summed E-state index contributed by atoms with van der Waals surface area (Å²) in [5, 5.41) is 19.4. The summed E-state index contributed by atoms with van der Waals surface area (Å²) < 4.78 is 105. The lowest BCUT2D eigenvalue weighted by atomic mass is 9.73. The first-order valence-corrected chi connectivity index (χ1v) is 4.66. The zero-order chi connectivity index (χ0) is 16.0. The van der Waals surface area contributed by atoms with Gasteiger partial charge in [-0.2, -0.15) is 35.1 Å². The van der Waals surface area contributed by atoms with Crippen molar-refractivity contribution in [3.05, 3.63) is 0 Å². The van der Waals surface area contributed by atoms with E-state index in [4.69, 9.17) is 0 Å². The lowest BCUT2D eigenvalue weighted by Gasteiger charge is -2.54. The van der Waals surface area contributed by atoms with Crippen LogP contribution >= 0.6 is 0 Å². The lowest BCUT2D eigenvalue weighted by molar-refractivity contribution is -0.485. The van der Waals surface area contributed by atoms with Crippen molar-refractivity contribution in [1.29, 1.82) is 0 Å². The van der Waals surface area contributed by atoms with Crippen molar-refractivity contribution < 1.29 is 50.1 Å². The third-order valence-corrected chi connectivity index (χ3v) is 3.20. The van der Waals surface area contributed by atoms with Gasteiger partial charge in [0.25, 0.3) is 11.4 Å². The van der Waals surface area contributed by atoms with E-state index in [1.165, 1.54) is 0 Å². The fourth-order valence-corrected chi connectivity index (χ4v) is 2.00. The number of aliphatic hydroxyl groups is 2. The van der Waals surface area contributed by atoms with Gasteiger partial charge < -0.3 is 20.8 Å². The monoisotopic (exact) mass is 316 g/mol. The van der Waals surface area contributed by atoms with Crippen molar-refractivity contribution in [1.82, 2.24) is 10.6 Å². The highest BCUT2D eigenvalue weighted by Gasteiger charge is 3.00. The molecular formula is C7H4F8N2O3. The number of alkyl halides is 8. The summed E-state index contributed by atoms with van der Waals surface area (Å²) in [6.45, 7) is 0.